The van der Waals surface area contributed by atoms with Gasteiger partial charge < -0.3 is 9.47 Å². The molecule has 154 valence electrons. The van der Waals surface area contributed by atoms with E-state index in [0.717, 1.165) is 57.7 Å². The standard InChI is InChI=1S/C23H24N4O2S/c1-15-11-12-16(13-21(15)29-17-7-3-4-8-17)19-14-30-23-25-24-22(27(23)26-19)18-9-5-6-10-20(18)28-2/h5-6,9-13,17H,3-4,7-8,14H2,1-2H3. The first-order valence-electron chi connectivity index (χ1n) is 10.3. The summed E-state index contributed by atoms with van der Waals surface area (Å²) in [4.78, 5) is 0. The van der Waals surface area contributed by atoms with Crippen molar-refractivity contribution in [2.45, 2.75) is 43.9 Å². The van der Waals surface area contributed by atoms with Gasteiger partial charge in [0.1, 0.15) is 11.5 Å². The Kier molecular flexibility index (Phi) is 5.21. The Morgan fingerprint density at radius 1 is 1.03 bits per heavy atom. The molecule has 0 spiro atoms. The fourth-order valence-corrected chi connectivity index (χ4v) is 4.80. The number of benzene rings is 2. The lowest BCUT2D eigenvalue weighted by molar-refractivity contribution is 0.208. The van der Waals surface area contributed by atoms with Crippen LogP contribution >= 0.6 is 11.8 Å². The average molecular weight is 421 g/mol. The van der Waals surface area contributed by atoms with Gasteiger partial charge in [0, 0.05) is 11.3 Å². The monoisotopic (exact) mass is 420 g/mol. The molecular formula is C23H24N4O2S. The molecule has 5 rings (SSSR count). The zero-order chi connectivity index (χ0) is 20.5. The van der Waals surface area contributed by atoms with Crippen molar-refractivity contribution in [3.63, 3.8) is 0 Å². The van der Waals surface area contributed by atoms with E-state index in [-0.39, 0.29) is 0 Å². The Bertz CT molecular complexity index is 1100. The third-order valence-electron chi connectivity index (χ3n) is 5.64. The molecule has 2 heterocycles. The fraction of sp³-hybridized carbons (Fsp3) is 0.348. The van der Waals surface area contributed by atoms with E-state index in [4.69, 9.17) is 14.6 Å². The molecule has 0 amide bonds. The molecule has 2 aliphatic rings. The van der Waals surface area contributed by atoms with E-state index in [1.165, 1.54) is 12.8 Å². The highest BCUT2D eigenvalue weighted by molar-refractivity contribution is 7.99. The molecule has 7 heteroatoms. The van der Waals surface area contributed by atoms with Crippen LogP contribution in [-0.2, 0) is 0 Å². The second kappa shape index (κ2) is 8.14. The zero-order valence-corrected chi connectivity index (χ0v) is 18.0. The van der Waals surface area contributed by atoms with E-state index < -0.39 is 0 Å². The number of rotatable bonds is 5. The van der Waals surface area contributed by atoms with Gasteiger partial charge in [-0.15, -0.1) is 10.2 Å². The second-order valence-electron chi connectivity index (χ2n) is 7.66. The lowest BCUT2D eigenvalue weighted by Gasteiger charge is -2.18. The molecule has 0 unspecified atom stereocenters. The van der Waals surface area contributed by atoms with Crippen molar-refractivity contribution >= 4 is 17.5 Å². The van der Waals surface area contributed by atoms with Crippen LogP contribution in [0.3, 0.4) is 0 Å². The number of ether oxygens (including phenoxy) is 2. The van der Waals surface area contributed by atoms with Gasteiger partial charge in [-0.05, 0) is 56.4 Å². The SMILES string of the molecule is COc1ccccc1-c1nnc2n1N=C(c1ccc(C)c(OC3CCCC3)c1)CS2. The quantitative estimate of drug-likeness (QED) is 0.585. The van der Waals surface area contributed by atoms with E-state index in [2.05, 4.69) is 35.3 Å². The van der Waals surface area contributed by atoms with Gasteiger partial charge in [0.05, 0.1) is 24.5 Å². The Morgan fingerprint density at radius 2 is 1.87 bits per heavy atom. The summed E-state index contributed by atoms with van der Waals surface area (Å²) >= 11 is 1.64. The predicted molar refractivity (Wildman–Crippen MR) is 119 cm³/mol. The van der Waals surface area contributed by atoms with Gasteiger partial charge in [0.2, 0.25) is 5.16 Å². The molecule has 1 aliphatic carbocycles. The van der Waals surface area contributed by atoms with Gasteiger partial charge in [0.15, 0.2) is 5.82 Å². The molecule has 6 nitrogen and oxygen atoms in total. The summed E-state index contributed by atoms with van der Waals surface area (Å²) in [6.07, 6.45) is 5.15. The number of fused-ring (bicyclic) bond motifs is 1. The Balaban J connectivity index is 1.50. The summed E-state index contributed by atoms with van der Waals surface area (Å²) in [5.41, 5.74) is 4.10. The summed E-state index contributed by atoms with van der Waals surface area (Å²) in [7, 11) is 1.66. The van der Waals surface area contributed by atoms with Crippen LogP contribution in [0.2, 0.25) is 0 Å². The number of hydrogen-bond donors (Lipinski definition) is 0. The minimum atomic E-state index is 0.336. The maximum Gasteiger partial charge on any atom is 0.212 e. The first-order chi connectivity index (χ1) is 14.7. The van der Waals surface area contributed by atoms with Gasteiger partial charge in [0.25, 0.3) is 0 Å². The maximum atomic E-state index is 6.31. The molecule has 0 N–H and O–H groups in total. The average Bonchev–Trinajstić information content (AvgIpc) is 3.44. The van der Waals surface area contributed by atoms with Gasteiger partial charge in [-0.25, -0.2) is 0 Å². The minimum absolute atomic E-state index is 0.336. The molecule has 3 aromatic rings. The normalized spacial score (nSPS) is 16.3. The molecule has 0 saturated heterocycles. The van der Waals surface area contributed by atoms with Crippen LogP contribution in [0.15, 0.2) is 52.7 Å². The smallest absolute Gasteiger partial charge is 0.212 e. The first kappa shape index (κ1) is 19.2. The minimum Gasteiger partial charge on any atom is -0.496 e. The summed E-state index contributed by atoms with van der Waals surface area (Å²) in [6.45, 7) is 2.10. The summed E-state index contributed by atoms with van der Waals surface area (Å²) in [5.74, 6) is 3.15. The molecule has 30 heavy (non-hydrogen) atoms. The summed E-state index contributed by atoms with van der Waals surface area (Å²) < 4.78 is 13.6. The molecule has 1 aliphatic heterocycles. The highest BCUT2D eigenvalue weighted by atomic mass is 32.2. The number of aryl methyl sites for hydroxylation is 1. The van der Waals surface area contributed by atoms with E-state index in [1.54, 1.807) is 18.9 Å². The van der Waals surface area contributed by atoms with Crippen molar-refractivity contribution in [1.29, 1.82) is 0 Å². The van der Waals surface area contributed by atoms with Crippen LogP contribution in [0.5, 0.6) is 11.5 Å². The lowest BCUT2D eigenvalue weighted by atomic mass is 10.1. The third kappa shape index (κ3) is 3.58. The molecular weight excluding hydrogens is 396 g/mol. The largest absolute Gasteiger partial charge is 0.496 e. The van der Waals surface area contributed by atoms with E-state index in [9.17, 15) is 0 Å². The Hall–Kier alpha value is -2.80. The third-order valence-corrected chi connectivity index (χ3v) is 6.57. The van der Waals surface area contributed by atoms with Crippen LogP contribution < -0.4 is 9.47 Å². The number of para-hydroxylation sites is 1. The Morgan fingerprint density at radius 3 is 2.70 bits per heavy atom. The van der Waals surface area contributed by atoms with Gasteiger partial charge in [-0.1, -0.05) is 36.0 Å². The summed E-state index contributed by atoms with van der Waals surface area (Å²) in [5, 5.41) is 14.4. The van der Waals surface area contributed by atoms with Crippen LogP contribution in [0.1, 0.15) is 36.8 Å². The van der Waals surface area contributed by atoms with Crippen molar-refractivity contribution in [3.05, 3.63) is 53.6 Å². The van der Waals surface area contributed by atoms with Crippen LogP contribution in [0.25, 0.3) is 11.4 Å². The van der Waals surface area contributed by atoms with Gasteiger partial charge in [-0.3, -0.25) is 0 Å². The predicted octanol–water partition coefficient (Wildman–Crippen LogP) is 4.94. The lowest BCUT2D eigenvalue weighted by Crippen LogP contribution is -2.15. The van der Waals surface area contributed by atoms with E-state index in [0.29, 0.717) is 11.9 Å². The van der Waals surface area contributed by atoms with Crippen LogP contribution in [-0.4, -0.2) is 39.6 Å². The second-order valence-corrected chi connectivity index (χ2v) is 8.60. The van der Waals surface area contributed by atoms with Crippen molar-refractivity contribution in [3.8, 4) is 22.9 Å². The number of methoxy groups -OCH3 is 1. The molecule has 0 radical (unpaired) electrons. The van der Waals surface area contributed by atoms with Crippen LogP contribution in [0, 0.1) is 6.92 Å². The van der Waals surface area contributed by atoms with Gasteiger partial charge in [-0.2, -0.15) is 9.78 Å². The highest BCUT2D eigenvalue weighted by Gasteiger charge is 2.23. The van der Waals surface area contributed by atoms with Crippen molar-refractivity contribution < 1.29 is 9.47 Å². The molecule has 0 bridgehead atoms. The van der Waals surface area contributed by atoms with Crippen molar-refractivity contribution in [1.82, 2.24) is 14.9 Å². The summed E-state index contributed by atoms with van der Waals surface area (Å²) in [6, 6.07) is 14.2. The number of thioether (sulfide) groups is 1. The van der Waals surface area contributed by atoms with Gasteiger partial charge >= 0.3 is 0 Å². The van der Waals surface area contributed by atoms with Crippen molar-refractivity contribution in [2.24, 2.45) is 5.10 Å². The molecule has 1 saturated carbocycles. The molecule has 1 fully saturated rings. The van der Waals surface area contributed by atoms with E-state index in [1.807, 2.05) is 28.9 Å². The molecule has 2 aromatic carbocycles. The topological polar surface area (TPSA) is 61.5 Å². The van der Waals surface area contributed by atoms with Crippen molar-refractivity contribution in [2.75, 3.05) is 12.9 Å². The maximum absolute atomic E-state index is 6.31. The zero-order valence-electron chi connectivity index (χ0n) is 17.2. The Labute approximate surface area is 180 Å². The first-order valence-corrected chi connectivity index (χ1v) is 11.3. The van der Waals surface area contributed by atoms with E-state index >= 15 is 0 Å². The highest BCUT2D eigenvalue weighted by Crippen LogP contribution is 2.34. The number of nitrogens with zero attached hydrogens (tertiary/aromatic N) is 4. The fourth-order valence-electron chi connectivity index (χ4n) is 3.96. The van der Waals surface area contributed by atoms with Crippen LogP contribution in [0.4, 0.5) is 0 Å². The molecule has 1 aromatic heterocycles. The number of aromatic nitrogens is 3. The molecule has 0 atom stereocenters. The number of hydrogen-bond acceptors (Lipinski definition) is 6.